The molecule has 0 fully saturated rings. The van der Waals surface area contributed by atoms with Crippen LogP contribution in [0.15, 0.2) is 54.6 Å². The Morgan fingerprint density at radius 1 is 1.12 bits per heavy atom. The molecule has 5 heteroatoms. The van der Waals surface area contributed by atoms with Gasteiger partial charge in [-0.1, -0.05) is 48.5 Å². The maximum absolute atomic E-state index is 13.6. The molecule has 3 aromatic rings. The molecule has 1 heterocycles. The van der Waals surface area contributed by atoms with Crippen molar-refractivity contribution in [1.82, 2.24) is 10.3 Å². The SMILES string of the molecule is Cc1nc(-c2ccccc2)sc1C(=O)NCCc1ccccc1F. The first-order valence-corrected chi connectivity index (χ1v) is 8.51. The lowest BCUT2D eigenvalue weighted by Crippen LogP contribution is -2.25. The van der Waals surface area contributed by atoms with Gasteiger partial charge in [0.2, 0.25) is 0 Å². The van der Waals surface area contributed by atoms with Gasteiger partial charge >= 0.3 is 0 Å². The Hall–Kier alpha value is -2.53. The quantitative estimate of drug-likeness (QED) is 0.755. The summed E-state index contributed by atoms with van der Waals surface area (Å²) in [4.78, 5) is 17.4. The number of nitrogens with zero attached hydrogens (tertiary/aromatic N) is 1. The van der Waals surface area contributed by atoms with E-state index in [4.69, 9.17) is 0 Å². The normalized spacial score (nSPS) is 10.6. The lowest BCUT2D eigenvalue weighted by Gasteiger charge is -2.05. The monoisotopic (exact) mass is 340 g/mol. The number of thiazole rings is 1. The molecule has 3 rings (SSSR count). The first kappa shape index (κ1) is 16.3. The van der Waals surface area contributed by atoms with Crippen molar-refractivity contribution < 1.29 is 9.18 Å². The molecule has 0 aliphatic carbocycles. The molecule has 3 nitrogen and oxygen atoms in total. The molecule has 2 aromatic carbocycles. The minimum Gasteiger partial charge on any atom is -0.351 e. The van der Waals surface area contributed by atoms with E-state index in [-0.39, 0.29) is 11.7 Å². The fourth-order valence-electron chi connectivity index (χ4n) is 2.40. The minimum atomic E-state index is -0.243. The third kappa shape index (κ3) is 3.68. The number of nitrogens with one attached hydrogen (secondary N) is 1. The number of amides is 1. The summed E-state index contributed by atoms with van der Waals surface area (Å²) in [6, 6.07) is 16.4. The van der Waals surface area contributed by atoms with Gasteiger partial charge in [-0.15, -0.1) is 11.3 Å². The fraction of sp³-hybridized carbons (Fsp3) is 0.158. The van der Waals surface area contributed by atoms with E-state index in [9.17, 15) is 9.18 Å². The number of carbonyl (C=O) groups excluding carboxylic acids is 1. The van der Waals surface area contributed by atoms with Crippen molar-refractivity contribution in [2.45, 2.75) is 13.3 Å². The Morgan fingerprint density at radius 2 is 1.83 bits per heavy atom. The largest absolute Gasteiger partial charge is 0.351 e. The lowest BCUT2D eigenvalue weighted by molar-refractivity contribution is 0.0957. The van der Waals surface area contributed by atoms with E-state index < -0.39 is 0 Å². The van der Waals surface area contributed by atoms with Crippen molar-refractivity contribution in [2.24, 2.45) is 0 Å². The van der Waals surface area contributed by atoms with Gasteiger partial charge in [-0.05, 0) is 25.0 Å². The van der Waals surface area contributed by atoms with Crippen molar-refractivity contribution >= 4 is 17.2 Å². The Balaban J connectivity index is 1.65. The highest BCUT2D eigenvalue weighted by molar-refractivity contribution is 7.17. The van der Waals surface area contributed by atoms with Crippen LogP contribution in [0.3, 0.4) is 0 Å². The van der Waals surface area contributed by atoms with Crippen LogP contribution in [0.1, 0.15) is 20.9 Å². The number of halogens is 1. The minimum absolute atomic E-state index is 0.163. The molecule has 1 amide bonds. The lowest BCUT2D eigenvalue weighted by atomic mass is 10.1. The van der Waals surface area contributed by atoms with Crippen LogP contribution in [-0.4, -0.2) is 17.4 Å². The van der Waals surface area contributed by atoms with Gasteiger partial charge in [0, 0.05) is 12.1 Å². The van der Waals surface area contributed by atoms with Crippen molar-refractivity contribution in [3.8, 4) is 10.6 Å². The van der Waals surface area contributed by atoms with E-state index in [0.717, 1.165) is 10.6 Å². The third-order valence-corrected chi connectivity index (χ3v) is 4.87. The number of hydrogen-bond acceptors (Lipinski definition) is 3. The molecule has 1 aromatic heterocycles. The van der Waals surface area contributed by atoms with Crippen molar-refractivity contribution in [3.05, 3.63) is 76.5 Å². The highest BCUT2D eigenvalue weighted by Gasteiger charge is 2.15. The zero-order valence-corrected chi connectivity index (χ0v) is 14.1. The molecule has 0 saturated heterocycles. The van der Waals surface area contributed by atoms with Crippen molar-refractivity contribution in [2.75, 3.05) is 6.54 Å². The Kier molecular flexibility index (Phi) is 5.01. The summed E-state index contributed by atoms with van der Waals surface area (Å²) in [7, 11) is 0. The summed E-state index contributed by atoms with van der Waals surface area (Å²) >= 11 is 1.37. The molecule has 24 heavy (non-hydrogen) atoms. The number of aryl methyl sites for hydroxylation is 1. The van der Waals surface area contributed by atoms with E-state index in [2.05, 4.69) is 10.3 Å². The second kappa shape index (κ2) is 7.36. The summed E-state index contributed by atoms with van der Waals surface area (Å²) in [6.07, 6.45) is 0.460. The highest BCUT2D eigenvalue weighted by atomic mass is 32.1. The molecule has 0 bridgehead atoms. The average Bonchev–Trinajstić information content (AvgIpc) is 2.99. The molecule has 0 atom stereocenters. The van der Waals surface area contributed by atoms with E-state index in [1.54, 1.807) is 18.2 Å². The van der Waals surface area contributed by atoms with E-state index in [0.29, 0.717) is 29.1 Å². The van der Waals surface area contributed by atoms with E-state index in [1.165, 1.54) is 17.4 Å². The van der Waals surface area contributed by atoms with Crippen molar-refractivity contribution in [3.63, 3.8) is 0 Å². The van der Waals surface area contributed by atoms with Crippen LogP contribution in [0.5, 0.6) is 0 Å². The maximum Gasteiger partial charge on any atom is 0.263 e. The Morgan fingerprint density at radius 3 is 2.58 bits per heavy atom. The summed E-state index contributed by atoms with van der Waals surface area (Å²) in [6.45, 7) is 2.21. The smallest absolute Gasteiger partial charge is 0.263 e. The Bertz CT molecular complexity index is 846. The van der Waals surface area contributed by atoms with Crippen LogP contribution >= 0.6 is 11.3 Å². The van der Waals surface area contributed by atoms with Gasteiger partial charge in [-0.25, -0.2) is 9.37 Å². The van der Waals surface area contributed by atoms with Crippen LogP contribution in [0.2, 0.25) is 0 Å². The summed E-state index contributed by atoms with van der Waals surface area (Å²) in [5.74, 6) is -0.407. The first-order valence-electron chi connectivity index (χ1n) is 7.69. The molecular formula is C19H17FN2OS. The van der Waals surface area contributed by atoms with Crippen molar-refractivity contribution in [1.29, 1.82) is 0 Å². The zero-order valence-electron chi connectivity index (χ0n) is 13.3. The topological polar surface area (TPSA) is 42.0 Å². The van der Waals surface area contributed by atoms with Gasteiger partial charge in [0.15, 0.2) is 0 Å². The van der Waals surface area contributed by atoms with Gasteiger partial charge in [0.25, 0.3) is 5.91 Å². The molecule has 0 aliphatic rings. The number of hydrogen-bond donors (Lipinski definition) is 1. The standard InChI is InChI=1S/C19H17FN2OS/c1-13-17(24-19(22-13)15-8-3-2-4-9-15)18(23)21-12-11-14-7-5-6-10-16(14)20/h2-10H,11-12H2,1H3,(H,21,23). The number of rotatable bonds is 5. The molecule has 122 valence electrons. The Labute approximate surface area is 144 Å². The van der Waals surface area contributed by atoms with Crippen LogP contribution in [0.25, 0.3) is 10.6 Å². The predicted molar refractivity (Wildman–Crippen MR) is 94.7 cm³/mol. The van der Waals surface area contributed by atoms with Gasteiger partial charge in [-0.3, -0.25) is 4.79 Å². The van der Waals surface area contributed by atoms with Crippen LogP contribution in [-0.2, 0) is 6.42 Å². The molecule has 0 saturated carbocycles. The average molecular weight is 340 g/mol. The zero-order chi connectivity index (χ0) is 16.9. The van der Waals surface area contributed by atoms with Crippen LogP contribution in [0.4, 0.5) is 4.39 Å². The molecule has 1 N–H and O–H groups in total. The van der Waals surface area contributed by atoms with Gasteiger partial charge in [0.1, 0.15) is 15.7 Å². The third-order valence-electron chi connectivity index (χ3n) is 3.66. The molecule has 0 spiro atoms. The molecule has 0 aliphatic heterocycles. The second-order valence-electron chi connectivity index (χ2n) is 5.40. The fourth-order valence-corrected chi connectivity index (χ4v) is 3.39. The highest BCUT2D eigenvalue weighted by Crippen LogP contribution is 2.27. The van der Waals surface area contributed by atoms with Gasteiger partial charge in [-0.2, -0.15) is 0 Å². The first-order chi connectivity index (χ1) is 11.6. The van der Waals surface area contributed by atoms with Crippen LogP contribution in [0, 0.1) is 12.7 Å². The number of aromatic nitrogens is 1. The summed E-state index contributed by atoms with van der Waals surface area (Å²) < 4.78 is 13.6. The molecule has 0 unspecified atom stereocenters. The molecule has 0 radical (unpaired) electrons. The number of carbonyl (C=O) groups is 1. The second-order valence-corrected chi connectivity index (χ2v) is 6.40. The van der Waals surface area contributed by atoms with Gasteiger partial charge in [0.05, 0.1) is 5.69 Å². The molecular weight excluding hydrogens is 323 g/mol. The summed E-state index contributed by atoms with van der Waals surface area (Å²) in [5.41, 5.74) is 2.31. The maximum atomic E-state index is 13.6. The number of benzene rings is 2. The predicted octanol–water partition coefficient (Wildman–Crippen LogP) is 4.23. The van der Waals surface area contributed by atoms with E-state index in [1.807, 2.05) is 37.3 Å². The van der Waals surface area contributed by atoms with E-state index >= 15 is 0 Å². The van der Waals surface area contributed by atoms with Crippen LogP contribution < -0.4 is 5.32 Å². The summed E-state index contributed by atoms with van der Waals surface area (Å²) in [5, 5.41) is 3.67. The van der Waals surface area contributed by atoms with Gasteiger partial charge < -0.3 is 5.32 Å².